The van der Waals surface area contributed by atoms with Crippen LogP contribution >= 0.6 is 0 Å². The van der Waals surface area contributed by atoms with Gasteiger partial charge in [-0.1, -0.05) is 65.5 Å². The molecule has 3 saturated carbocycles. The van der Waals surface area contributed by atoms with Crippen molar-refractivity contribution in [3.8, 4) is 11.5 Å². The summed E-state index contributed by atoms with van der Waals surface area (Å²) in [4.78, 5) is 13.2. The van der Waals surface area contributed by atoms with E-state index in [0.717, 1.165) is 54.8 Å². The van der Waals surface area contributed by atoms with Crippen molar-refractivity contribution >= 4 is 17.3 Å². The second-order valence-corrected chi connectivity index (χ2v) is 16.0. The molecule has 0 saturated heterocycles. The molecule has 8 atom stereocenters. The van der Waals surface area contributed by atoms with Crippen LogP contribution in [0.3, 0.4) is 0 Å². The number of fused-ring (bicyclic) bond motifs is 5. The molecule has 6 rings (SSSR count). The van der Waals surface area contributed by atoms with E-state index in [-0.39, 0.29) is 17.5 Å². The number of carbonyl (C=O) groups is 1. The molecule has 0 amide bonds. The molecule has 8 unspecified atom stereocenters. The molecule has 2 aromatic carbocycles. The Kier molecular flexibility index (Phi) is 9.02. The fourth-order valence-electron chi connectivity index (χ4n) is 10.5. The van der Waals surface area contributed by atoms with E-state index in [1.54, 1.807) is 48.0 Å². The molecule has 5 nitrogen and oxygen atoms in total. The number of anilines is 2. The van der Waals surface area contributed by atoms with Crippen molar-refractivity contribution in [1.82, 2.24) is 0 Å². The van der Waals surface area contributed by atoms with Gasteiger partial charge in [-0.3, -0.25) is 0 Å². The van der Waals surface area contributed by atoms with Crippen LogP contribution in [0.15, 0.2) is 54.1 Å². The lowest BCUT2D eigenvalue weighted by atomic mass is 9.47. The summed E-state index contributed by atoms with van der Waals surface area (Å²) in [5.41, 5.74) is 15.7. The average molecular weight is 613 g/mol. The molecule has 45 heavy (non-hydrogen) atoms. The van der Waals surface area contributed by atoms with Gasteiger partial charge in [0.05, 0.1) is 5.56 Å². The zero-order valence-corrected chi connectivity index (χ0v) is 28.3. The Labute approximate surface area is 271 Å². The third-order valence-corrected chi connectivity index (χ3v) is 12.8. The number of benzene rings is 2. The van der Waals surface area contributed by atoms with Gasteiger partial charge in [0.25, 0.3) is 0 Å². The third kappa shape index (κ3) is 6.38. The van der Waals surface area contributed by atoms with Gasteiger partial charge in [-0.25, -0.2) is 4.79 Å². The molecule has 0 bridgehead atoms. The average Bonchev–Trinajstić information content (AvgIpc) is 3.34. The molecule has 4 aliphatic rings. The van der Waals surface area contributed by atoms with E-state index in [2.05, 4.69) is 40.7 Å². The first kappa shape index (κ1) is 32.0. The van der Waals surface area contributed by atoms with Crippen LogP contribution in [0, 0.1) is 46.3 Å². The summed E-state index contributed by atoms with van der Waals surface area (Å²) in [7, 11) is 0. The van der Waals surface area contributed by atoms with Gasteiger partial charge < -0.3 is 20.9 Å². The monoisotopic (exact) mass is 612 g/mol. The van der Waals surface area contributed by atoms with Gasteiger partial charge in [0, 0.05) is 29.9 Å². The van der Waals surface area contributed by atoms with Crippen molar-refractivity contribution in [2.24, 2.45) is 46.3 Å². The molecule has 0 radical (unpaired) electrons. The van der Waals surface area contributed by atoms with Gasteiger partial charge in [0.15, 0.2) is 0 Å². The van der Waals surface area contributed by atoms with Crippen LogP contribution in [-0.2, 0) is 4.74 Å². The summed E-state index contributed by atoms with van der Waals surface area (Å²) in [6.45, 7) is 12.5. The predicted octanol–water partition coefficient (Wildman–Crippen LogP) is 10.2. The van der Waals surface area contributed by atoms with Gasteiger partial charge in [-0.15, -0.1) is 0 Å². The van der Waals surface area contributed by atoms with Crippen LogP contribution in [0.25, 0.3) is 0 Å². The second kappa shape index (κ2) is 12.7. The highest BCUT2D eigenvalue weighted by Crippen LogP contribution is 2.67. The topological polar surface area (TPSA) is 87.6 Å². The number of hydrogen-bond acceptors (Lipinski definition) is 5. The number of ether oxygens (including phenoxy) is 2. The van der Waals surface area contributed by atoms with Crippen LogP contribution in [0.1, 0.15) is 116 Å². The van der Waals surface area contributed by atoms with Gasteiger partial charge in [0.1, 0.15) is 17.6 Å². The number of nitrogen functional groups attached to an aromatic ring is 2. The standard InChI is InChI=1S/C40H56N2O3/c1-25(2)7-6-8-26(3)35-15-16-36-34-14-11-28-21-32(17-19-39(28,4)37(34)18-20-40(35,36)5)45-38(43)27-9-12-31(13-10-27)44-33-23-29(41)22-30(42)24-33/h9-13,22-26,32,34-37H,6-8,14-21,41-42H2,1-5H3. The Balaban J connectivity index is 1.07. The Morgan fingerprint density at radius 1 is 0.889 bits per heavy atom. The summed E-state index contributed by atoms with van der Waals surface area (Å²) in [6.07, 6.45) is 16.4. The highest BCUT2D eigenvalue weighted by molar-refractivity contribution is 5.89. The van der Waals surface area contributed by atoms with E-state index in [1.807, 2.05) is 0 Å². The molecular formula is C40H56N2O3. The van der Waals surface area contributed by atoms with E-state index < -0.39 is 0 Å². The predicted molar refractivity (Wildman–Crippen MR) is 184 cm³/mol. The minimum atomic E-state index is -0.259. The number of rotatable bonds is 9. The molecule has 0 spiro atoms. The zero-order chi connectivity index (χ0) is 31.9. The summed E-state index contributed by atoms with van der Waals surface area (Å²) in [6, 6.07) is 12.2. The third-order valence-electron chi connectivity index (χ3n) is 12.8. The Hall–Kier alpha value is -2.95. The molecule has 0 aliphatic heterocycles. The van der Waals surface area contributed by atoms with Gasteiger partial charge in [-0.05, 0) is 122 Å². The van der Waals surface area contributed by atoms with Crippen LogP contribution in [0.5, 0.6) is 11.5 Å². The van der Waals surface area contributed by atoms with Crippen LogP contribution in [-0.4, -0.2) is 12.1 Å². The molecular weight excluding hydrogens is 556 g/mol. The van der Waals surface area contributed by atoms with E-state index in [9.17, 15) is 4.79 Å². The van der Waals surface area contributed by atoms with E-state index in [1.165, 1.54) is 51.4 Å². The number of carbonyl (C=O) groups excluding carboxylic acids is 1. The van der Waals surface area contributed by atoms with Crippen LogP contribution < -0.4 is 16.2 Å². The smallest absolute Gasteiger partial charge is 0.338 e. The molecule has 0 aromatic heterocycles. The zero-order valence-electron chi connectivity index (χ0n) is 28.3. The van der Waals surface area contributed by atoms with Crippen molar-refractivity contribution in [2.75, 3.05) is 11.5 Å². The molecule has 4 aliphatic carbocycles. The van der Waals surface area contributed by atoms with Crippen LogP contribution in [0.2, 0.25) is 0 Å². The fourth-order valence-corrected chi connectivity index (χ4v) is 10.5. The molecule has 244 valence electrons. The van der Waals surface area contributed by atoms with Crippen LogP contribution in [0.4, 0.5) is 11.4 Å². The minimum absolute atomic E-state index is 0.0593. The maximum absolute atomic E-state index is 13.2. The fraction of sp³-hybridized carbons (Fsp3) is 0.625. The lowest BCUT2D eigenvalue weighted by molar-refractivity contribution is -0.0594. The lowest BCUT2D eigenvalue weighted by Crippen LogP contribution is -2.51. The summed E-state index contributed by atoms with van der Waals surface area (Å²) < 4.78 is 12.0. The molecule has 4 N–H and O–H groups in total. The number of hydrogen-bond donors (Lipinski definition) is 2. The van der Waals surface area contributed by atoms with Gasteiger partial charge in [0.2, 0.25) is 0 Å². The Bertz CT molecular complexity index is 1380. The Morgan fingerprint density at radius 3 is 2.33 bits per heavy atom. The van der Waals surface area contributed by atoms with Crippen molar-refractivity contribution in [3.05, 3.63) is 59.7 Å². The quantitative estimate of drug-likeness (QED) is 0.167. The number of allylic oxidation sites excluding steroid dienone is 1. The number of esters is 1. The van der Waals surface area contributed by atoms with Gasteiger partial charge >= 0.3 is 5.97 Å². The molecule has 5 heteroatoms. The maximum atomic E-state index is 13.2. The first-order valence-corrected chi connectivity index (χ1v) is 17.8. The van der Waals surface area contributed by atoms with Crippen molar-refractivity contribution in [2.45, 2.75) is 111 Å². The summed E-state index contributed by atoms with van der Waals surface area (Å²) in [5.74, 6) is 5.92. The van der Waals surface area contributed by atoms with Crippen molar-refractivity contribution < 1.29 is 14.3 Å². The molecule has 3 fully saturated rings. The first-order chi connectivity index (χ1) is 21.5. The van der Waals surface area contributed by atoms with E-state index in [4.69, 9.17) is 20.9 Å². The number of nitrogens with two attached hydrogens (primary N) is 2. The first-order valence-electron chi connectivity index (χ1n) is 17.8. The lowest BCUT2D eigenvalue weighted by Gasteiger charge is -2.58. The second-order valence-electron chi connectivity index (χ2n) is 16.0. The largest absolute Gasteiger partial charge is 0.458 e. The minimum Gasteiger partial charge on any atom is -0.458 e. The van der Waals surface area contributed by atoms with E-state index in [0.29, 0.717) is 33.9 Å². The SMILES string of the molecule is CC(C)CCCC(C)C1CCC2C3CC=C4CC(OC(=O)c5ccc(Oc6cc(N)cc(N)c6)cc5)CCC4(C)C3CCC12C. The highest BCUT2D eigenvalue weighted by Gasteiger charge is 2.59. The maximum Gasteiger partial charge on any atom is 0.338 e. The Morgan fingerprint density at radius 2 is 1.62 bits per heavy atom. The normalized spacial score (nSPS) is 33.0. The van der Waals surface area contributed by atoms with E-state index >= 15 is 0 Å². The van der Waals surface area contributed by atoms with Gasteiger partial charge in [-0.2, -0.15) is 0 Å². The summed E-state index contributed by atoms with van der Waals surface area (Å²) in [5, 5.41) is 0. The highest BCUT2D eigenvalue weighted by atomic mass is 16.5. The van der Waals surface area contributed by atoms with Crippen molar-refractivity contribution in [3.63, 3.8) is 0 Å². The van der Waals surface area contributed by atoms with Crippen molar-refractivity contribution in [1.29, 1.82) is 0 Å². The summed E-state index contributed by atoms with van der Waals surface area (Å²) >= 11 is 0. The molecule has 2 aromatic rings. The molecule has 0 heterocycles.